The molecular formula is C15H22N2O4. The van der Waals surface area contributed by atoms with Gasteiger partial charge in [-0.15, -0.1) is 0 Å². The molecule has 0 aliphatic carbocycles. The topological polar surface area (TPSA) is 78.9 Å². The van der Waals surface area contributed by atoms with Gasteiger partial charge in [0.2, 0.25) is 0 Å². The number of ether oxygens (including phenoxy) is 1. The van der Waals surface area contributed by atoms with Crippen LogP contribution in [0.15, 0.2) is 24.3 Å². The largest absolute Gasteiger partial charge is 0.480 e. The monoisotopic (exact) mass is 294 g/mol. The van der Waals surface area contributed by atoms with Gasteiger partial charge in [-0.3, -0.25) is 0 Å². The van der Waals surface area contributed by atoms with Crippen LogP contribution in [0.1, 0.15) is 26.7 Å². The Morgan fingerprint density at radius 3 is 2.67 bits per heavy atom. The van der Waals surface area contributed by atoms with Gasteiger partial charge in [0.05, 0.1) is 5.69 Å². The first-order valence-corrected chi connectivity index (χ1v) is 6.93. The smallest absolute Gasteiger partial charge is 0.341 e. The van der Waals surface area contributed by atoms with Crippen molar-refractivity contribution in [2.45, 2.75) is 32.7 Å². The van der Waals surface area contributed by atoms with E-state index in [4.69, 9.17) is 9.84 Å². The summed E-state index contributed by atoms with van der Waals surface area (Å²) in [6.45, 7) is 3.60. The molecule has 0 saturated carbocycles. The van der Waals surface area contributed by atoms with Gasteiger partial charge in [-0.05, 0) is 25.5 Å². The number of nitrogens with one attached hydrogen (secondary N) is 1. The lowest BCUT2D eigenvalue weighted by Gasteiger charge is -2.25. The Labute approximate surface area is 124 Å². The molecule has 2 N–H and O–H groups in total. The molecule has 6 heteroatoms. The average Bonchev–Trinajstić information content (AvgIpc) is 2.45. The molecule has 21 heavy (non-hydrogen) atoms. The summed E-state index contributed by atoms with van der Waals surface area (Å²) in [7, 11) is 1.73. The summed E-state index contributed by atoms with van der Waals surface area (Å²) in [6.07, 6.45) is 1.91. The van der Waals surface area contributed by atoms with Gasteiger partial charge in [-0.25, -0.2) is 9.59 Å². The van der Waals surface area contributed by atoms with Gasteiger partial charge in [0.25, 0.3) is 0 Å². The fourth-order valence-electron chi connectivity index (χ4n) is 1.85. The zero-order valence-corrected chi connectivity index (χ0v) is 12.6. The molecule has 0 aromatic heterocycles. The zero-order chi connectivity index (χ0) is 15.8. The molecule has 116 valence electrons. The first-order chi connectivity index (χ1) is 9.95. The zero-order valence-electron chi connectivity index (χ0n) is 12.6. The maximum Gasteiger partial charge on any atom is 0.341 e. The van der Waals surface area contributed by atoms with E-state index < -0.39 is 12.6 Å². The Morgan fingerprint density at radius 2 is 2.05 bits per heavy atom. The second-order valence-electron chi connectivity index (χ2n) is 4.86. The van der Waals surface area contributed by atoms with Gasteiger partial charge in [-0.2, -0.15) is 0 Å². The number of nitrogens with zero attached hydrogens (tertiary/aromatic N) is 1. The molecule has 0 bridgehead atoms. The lowest BCUT2D eigenvalue weighted by molar-refractivity contribution is -0.139. The van der Waals surface area contributed by atoms with Crippen molar-refractivity contribution in [3.63, 3.8) is 0 Å². The summed E-state index contributed by atoms with van der Waals surface area (Å²) in [5, 5.41) is 11.4. The van der Waals surface area contributed by atoms with E-state index in [-0.39, 0.29) is 12.1 Å². The number of carboxylic acid groups (broad SMARTS) is 1. The summed E-state index contributed by atoms with van der Waals surface area (Å²) in [5.74, 6) is -0.727. The summed E-state index contributed by atoms with van der Waals surface area (Å²) >= 11 is 0. The summed E-state index contributed by atoms with van der Waals surface area (Å²) in [4.78, 5) is 24.3. The molecule has 1 rings (SSSR count). The number of benzene rings is 1. The van der Waals surface area contributed by atoms with Gasteiger partial charge >= 0.3 is 12.0 Å². The van der Waals surface area contributed by atoms with Crippen molar-refractivity contribution >= 4 is 17.7 Å². The number of amides is 2. The van der Waals surface area contributed by atoms with E-state index in [1.807, 2.05) is 6.92 Å². The minimum atomic E-state index is -1.06. The Kier molecular flexibility index (Phi) is 6.52. The van der Waals surface area contributed by atoms with Crippen molar-refractivity contribution in [2.24, 2.45) is 0 Å². The van der Waals surface area contributed by atoms with E-state index in [1.54, 1.807) is 36.2 Å². The van der Waals surface area contributed by atoms with Crippen LogP contribution in [0, 0.1) is 0 Å². The third-order valence-electron chi connectivity index (χ3n) is 3.17. The van der Waals surface area contributed by atoms with Crippen LogP contribution in [0.3, 0.4) is 0 Å². The third-order valence-corrected chi connectivity index (χ3v) is 3.17. The molecule has 0 aliphatic rings. The van der Waals surface area contributed by atoms with E-state index in [0.717, 1.165) is 12.8 Å². The lowest BCUT2D eigenvalue weighted by atomic mass is 10.2. The quantitative estimate of drug-likeness (QED) is 0.810. The SMILES string of the molecule is CCCC(C)N(C)C(=O)Nc1ccccc1OCC(=O)O. The number of rotatable bonds is 7. The van der Waals surface area contributed by atoms with Crippen molar-refractivity contribution in [2.75, 3.05) is 19.0 Å². The summed E-state index contributed by atoms with van der Waals surface area (Å²) < 4.78 is 5.15. The highest BCUT2D eigenvalue weighted by molar-refractivity contribution is 5.91. The number of hydrogen-bond acceptors (Lipinski definition) is 3. The number of aliphatic carboxylic acids is 1. The second-order valence-corrected chi connectivity index (χ2v) is 4.86. The Morgan fingerprint density at radius 1 is 1.38 bits per heavy atom. The van der Waals surface area contributed by atoms with Crippen molar-refractivity contribution < 1.29 is 19.4 Å². The Bertz CT molecular complexity index is 490. The molecule has 0 saturated heterocycles. The van der Waals surface area contributed by atoms with Crippen molar-refractivity contribution in [1.29, 1.82) is 0 Å². The predicted octanol–water partition coefficient (Wildman–Crippen LogP) is 2.80. The Balaban J connectivity index is 2.73. The molecule has 0 fully saturated rings. The standard InChI is InChI=1S/C15H22N2O4/c1-4-7-11(2)17(3)15(20)16-12-8-5-6-9-13(12)21-10-14(18)19/h5-6,8-9,11H,4,7,10H2,1-3H3,(H,16,20)(H,18,19). The van der Waals surface area contributed by atoms with Crippen molar-refractivity contribution in [1.82, 2.24) is 4.90 Å². The average molecular weight is 294 g/mol. The number of para-hydroxylation sites is 2. The van der Waals surface area contributed by atoms with Crippen LogP contribution < -0.4 is 10.1 Å². The molecule has 0 aliphatic heterocycles. The molecule has 1 aromatic rings. The maximum atomic E-state index is 12.2. The number of anilines is 1. The van der Waals surface area contributed by atoms with E-state index >= 15 is 0 Å². The van der Waals surface area contributed by atoms with E-state index in [9.17, 15) is 9.59 Å². The van der Waals surface area contributed by atoms with Crippen LogP contribution in [-0.2, 0) is 4.79 Å². The predicted molar refractivity (Wildman–Crippen MR) is 80.7 cm³/mol. The van der Waals surface area contributed by atoms with Crippen LogP contribution in [0.25, 0.3) is 0 Å². The van der Waals surface area contributed by atoms with Gasteiger partial charge in [0.1, 0.15) is 5.75 Å². The molecule has 0 heterocycles. The Hall–Kier alpha value is -2.24. The van der Waals surface area contributed by atoms with Crippen LogP contribution in [0.2, 0.25) is 0 Å². The highest BCUT2D eigenvalue weighted by Gasteiger charge is 2.16. The number of carbonyl (C=O) groups excluding carboxylic acids is 1. The number of carboxylic acids is 1. The van der Waals surface area contributed by atoms with Crippen LogP contribution in [-0.4, -0.2) is 41.7 Å². The molecular weight excluding hydrogens is 272 g/mol. The normalized spacial score (nSPS) is 11.6. The fraction of sp³-hybridized carbons (Fsp3) is 0.467. The highest BCUT2D eigenvalue weighted by atomic mass is 16.5. The minimum Gasteiger partial charge on any atom is -0.480 e. The molecule has 0 spiro atoms. The highest BCUT2D eigenvalue weighted by Crippen LogP contribution is 2.24. The molecule has 6 nitrogen and oxygen atoms in total. The molecule has 1 atom stereocenters. The summed E-state index contributed by atoms with van der Waals surface area (Å²) in [5.41, 5.74) is 0.458. The van der Waals surface area contributed by atoms with Gasteiger partial charge in [0, 0.05) is 13.1 Å². The van der Waals surface area contributed by atoms with Gasteiger partial charge < -0.3 is 20.1 Å². The minimum absolute atomic E-state index is 0.127. The summed E-state index contributed by atoms with van der Waals surface area (Å²) in [6, 6.07) is 6.64. The first kappa shape index (κ1) is 16.8. The van der Waals surface area contributed by atoms with E-state index in [2.05, 4.69) is 12.2 Å². The first-order valence-electron chi connectivity index (χ1n) is 6.93. The molecule has 1 aromatic carbocycles. The number of hydrogen-bond donors (Lipinski definition) is 2. The maximum absolute atomic E-state index is 12.2. The van der Waals surface area contributed by atoms with E-state index in [0.29, 0.717) is 11.4 Å². The number of urea groups is 1. The van der Waals surface area contributed by atoms with E-state index in [1.165, 1.54) is 0 Å². The lowest BCUT2D eigenvalue weighted by Crippen LogP contribution is -2.38. The van der Waals surface area contributed by atoms with Gasteiger partial charge in [0.15, 0.2) is 6.61 Å². The van der Waals surface area contributed by atoms with Crippen LogP contribution in [0.5, 0.6) is 5.75 Å². The second kappa shape index (κ2) is 8.14. The van der Waals surface area contributed by atoms with Crippen LogP contribution in [0.4, 0.5) is 10.5 Å². The molecule has 2 amide bonds. The van der Waals surface area contributed by atoms with Crippen molar-refractivity contribution in [3.05, 3.63) is 24.3 Å². The molecule has 0 radical (unpaired) electrons. The number of carbonyl (C=O) groups is 2. The molecule has 1 unspecified atom stereocenters. The van der Waals surface area contributed by atoms with Gasteiger partial charge in [-0.1, -0.05) is 25.5 Å². The van der Waals surface area contributed by atoms with Crippen LogP contribution >= 0.6 is 0 Å². The fourth-order valence-corrected chi connectivity index (χ4v) is 1.85. The third kappa shape index (κ3) is 5.33. The van der Waals surface area contributed by atoms with Crippen molar-refractivity contribution in [3.8, 4) is 5.75 Å².